The summed E-state index contributed by atoms with van der Waals surface area (Å²) < 4.78 is 32.8. The molecule has 0 aliphatic carbocycles. The Morgan fingerprint density at radius 1 is 1.26 bits per heavy atom. The van der Waals surface area contributed by atoms with Gasteiger partial charge in [0.25, 0.3) is 6.43 Å². The number of rotatable bonds is 6. The number of alkyl halides is 2. The lowest BCUT2D eigenvalue weighted by Crippen LogP contribution is -2.22. The van der Waals surface area contributed by atoms with Gasteiger partial charge < -0.3 is 15.0 Å². The number of aromatic amines is 1. The highest BCUT2D eigenvalue weighted by Gasteiger charge is 2.15. The summed E-state index contributed by atoms with van der Waals surface area (Å²) >= 11 is 0. The van der Waals surface area contributed by atoms with Crippen LogP contribution in [0.2, 0.25) is 0 Å². The van der Waals surface area contributed by atoms with Crippen molar-refractivity contribution >= 4 is 22.6 Å². The average molecular weight is 372 g/mol. The van der Waals surface area contributed by atoms with Crippen molar-refractivity contribution in [1.82, 2.24) is 24.3 Å². The van der Waals surface area contributed by atoms with Crippen molar-refractivity contribution < 1.29 is 13.5 Å². The van der Waals surface area contributed by atoms with E-state index in [0.717, 1.165) is 16.5 Å². The molecule has 2 N–H and O–H groups in total. The molecule has 0 spiro atoms. The Hall–Kier alpha value is -3.07. The van der Waals surface area contributed by atoms with E-state index in [1.807, 2.05) is 13.0 Å². The van der Waals surface area contributed by atoms with Crippen molar-refractivity contribution in [2.45, 2.75) is 19.4 Å². The smallest absolute Gasteiger partial charge is 0.280 e. The molecule has 0 amide bonds. The summed E-state index contributed by atoms with van der Waals surface area (Å²) in [6.07, 6.45) is 3.76. The number of nitrogens with one attached hydrogen (secondary N) is 2. The largest absolute Gasteiger partial charge is 0.383 e. The van der Waals surface area contributed by atoms with E-state index in [4.69, 9.17) is 4.74 Å². The van der Waals surface area contributed by atoms with Gasteiger partial charge in [0.1, 0.15) is 17.0 Å². The van der Waals surface area contributed by atoms with Crippen LogP contribution in [-0.4, -0.2) is 44.1 Å². The average Bonchev–Trinajstić information content (AvgIpc) is 3.24. The van der Waals surface area contributed by atoms with Crippen molar-refractivity contribution in [2.75, 3.05) is 19.0 Å². The molecule has 4 aromatic rings. The lowest BCUT2D eigenvalue weighted by molar-refractivity contribution is 0.145. The fraction of sp³-hybridized carbons (Fsp3) is 0.278. The van der Waals surface area contributed by atoms with Gasteiger partial charge in [-0.25, -0.2) is 18.7 Å². The first-order valence-corrected chi connectivity index (χ1v) is 8.42. The van der Waals surface area contributed by atoms with Crippen molar-refractivity contribution in [2.24, 2.45) is 0 Å². The Kier molecular flexibility index (Phi) is 4.44. The lowest BCUT2D eigenvalue weighted by atomic mass is 10.1. The summed E-state index contributed by atoms with van der Waals surface area (Å²) in [6.45, 7) is 2.51. The number of aromatic nitrogens is 5. The van der Waals surface area contributed by atoms with Crippen molar-refractivity contribution in [3.8, 4) is 11.1 Å². The van der Waals surface area contributed by atoms with Gasteiger partial charge in [0.2, 0.25) is 5.95 Å². The number of halogens is 2. The maximum Gasteiger partial charge on any atom is 0.280 e. The zero-order chi connectivity index (χ0) is 19.0. The summed E-state index contributed by atoms with van der Waals surface area (Å²) in [5.41, 5.74) is 2.60. The van der Waals surface area contributed by atoms with Gasteiger partial charge in [-0.2, -0.15) is 4.98 Å². The third-order valence-electron chi connectivity index (χ3n) is 4.29. The van der Waals surface area contributed by atoms with Gasteiger partial charge in [-0.15, -0.1) is 0 Å². The Labute approximate surface area is 153 Å². The molecular weight excluding hydrogens is 354 g/mol. The van der Waals surface area contributed by atoms with E-state index in [9.17, 15) is 8.78 Å². The molecule has 27 heavy (non-hydrogen) atoms. The molecule has 0 aliphatic heterocycles. The first-order valence-electron chi connectivity index (χ1n) is 8.42. The number of fused-ring (bicyclic) bond motifs is 2. The fourth-order valence-corrected chi connectivity index (χ4v) is 3.05. The molecule has 4 heterocycles. The molecule has 0 aliphatic rings. The standard InChI is InChI=1S/C18H18F2N6O/c1-10(9-27-2)24-18-23-6-13-12(5-22-17(13)25-18)11-3-4-15-21-7-14(16(19)20)26(15)8-11/h3-8,10,16H,9H2,1-2H3,(H2,22,23,24,25)/t10-/m0/s1. The Balaban J connectivity index is 1.72. The number of H-pyrrole nitrogens is 1. The summed E-state index contributed by atoms with van der Waals surface area (Å²) in [5.74, 6) is 0.491. The molecule has 4 aromatic heterocycles. The highest BCUT2D eigenvalue weighted by Crippen LogP contribution is 2.29. The van der Waals surface area contributed by atoms with Crippen LogP contribution in [0.25, 0.3) is 27.8 Å². The SMILES string of the molecule is COC[C@H](C)Nc1ncc2c(-c3ccc4ncc(C(F)F)n4c3)c[nH]c2n1. The van der Waals surface area contributed by atoms with E-state index in [2.05, 4.69) is 25.3 Å². The van der Waals surface area contributed by atoms with Crippen LogP contribution in [0.5, 0.6) is 0 Å². The Morgan fingerprint density at radius 3 is 2.89 bits per heavy atom. The molecule has 0 radical (unpaired) electrons. The molecule has 0 saturated heterocycles. The molecule has 0 aromatic carbocycles. The van der Waals surface area contributed by atoms with Gasteiger partial charge in [0.15, 0.2) is 0 Å². The van der Waals surface area contributed by atoms with E-state index < -0.39 is 6.43 Å². The van der Waals surface area contributed by atoms with E-state index in [1.54, 1.807) is 31.8 Å². The summed E-state index contributed by atoms with van der Waals surface area (Å²) in [4.78, 5) is 15.9. The number of imidazole rings is 1. The van der Waals surface area contributed by atoms with Gasteiger partial charge in [-0.1, -0.05) is 0 Å². The maximum absolute atomic E-state index is 13.2. The fourth-order valence-electron chi connectivity index (χ4n) is 3.05. The molecule has 9 heteroatoms. The number of pyridine rings is 1. The first kappa shape index (κ1) is 17.3. The number of hydrogen-bond acceptors (Lipinski definition) is 5. The minimum Gasteiger partial charge on any atom is -0.383 e. The highest BCUT2D eigenvalue weighted by atomic mass is 19.3. The van der Waals surface area contributed by atoms with Gasteiger partial charge in [-0.05, 0) is 19.1 Å². The van der Waals surface area contributed by atoms with Gasteiger partial charge in [-0.3, -0.25) is 4.40 Å². The number of methoxy groups -OCH3 is 1. The molecule has 0 unspecified atom stereocenters. The van der Waals surface area contributed by atoms with E-state index in [1.165, 1.54) is 10.6 Å². The molecule has 0 bridgehead atoms. The van der Waals surface area contributed by atoms with Gasteiger partial charge in [0, 0.05) is 48.3 Å². The zero-order valence-corrected chi connectivity index (χ0v) is 14.8. The second-order valence-electron chi connectivity index (χ2n) is 6.29. The monoisotopic (exact) mass is 372 g/mol. The van der Waals surface area contributed by atoms with Crippen LogP contribution >= 0.6 is 0 Å². The van der Waals surface area contributed by atoms with Crippen LogP contribution < -0.4 is 5.32 Å². The van der Waals surface area contributed by atoms with Gasteiger partial charge >= 0.3 is 0 Å². The van der Waals surface area contributed by atoms with Crippen LogP contribution in [0.4, 0.5) is 14.7 Å². The molecule has 7 nitrogen and oxygen atoms in total. The van der Waals surface area contributed by atoms with E-state index >= 15 is 0 Å². The van der Waals surface area contributed by atoms with Crippen molar-refractivity contribution in [3.05, 3.63) is 42.6 Å². The topological polar surface area (TPSA) is 80.1 Å². The quantitative estimate of drug-likeness (QED) is 0.540. The summed E-state index contributed by atoms with van der Waals surface area (Å²) in [7, 11) is 1.63. The Morgan fingerprint density at radius 2 is 2.11 bits per heavy atom. The molecule has 1 atom stereocenters. The third-order valence-corrected chi connectivity index (χ3v) is 4.29. The van der Waals surface area contributed by atoms with Crippen molar-refractivity contribution in [3.63, 3.8) is 0 Å². The predicted octanol–water partition coefficient (Wildman–Crippen LogP) is 3.66. The van der Waals surface area contributed by atoms with Gasteiger partial charge in [0.05, 0.1) is 12.8 Å². The second-order valence-corrected chi connectivity index (χ2v) is 6.29. The minimum atomic E-state index is -2.59. The van der Waals surface area contributed by atoms with Crippen LogP contribution in [0.1, 0.15) is 19.0 Å². The summed E-state index contributed by atoms with van der Waals surface area (Å²) in [6, 6.07) is 3.62. The normalized spacial score (nSPS) is 12.9. The van der Waals surface area contributed by atoms with Crippen LogP contribution in [0.3, 0.4) is 0 Å². The minimum absolute atomic E-state index is 0.0679. The van der Waals surface area contributed by atoms with Crippen LogP contribution in [0, 0.1) is 0 Å². The molecule has 140 valence electrons. The lowest BCUT2D eigenvalue weighted by Gasteiger charge is -2.12. The number of nitrogens with zero attached hydrogens (tertiary/aromatic N) is 4. The molecule has 0 saturated carbocycles. The molecule has 4 rings (SSSR count). The van der Waals surface area contributed by atoms with E-state index in [0.29, 0.717) is 23.8 Å². The van der Waals surface area contributed by atoms with Crippen molar-refractivity contribution in [1.29, 1.82) is 0 Å². The second kappa shape index (κ2) is 6.92. The van der Waals surface area contributed by atoms with Crippen LogP contribution in [-0.2, 0) is 4.74 Å². The zero-order valence-electron chi connectivity index (χ0n) is 14.8. The maximum atomic E-state index is 13.2. The third kappa shape index (κ3) is 3.21. The summed E-state index contributed by atoms with van der Waals surface area (Å²) in [5, 5.41) is 3.97. The van der Waals surface area contributed by atoms with Crippen LogP contribution in [0.15, 0.2) is 36.9 Å². The number of ether oxygens (including phenoxy) is 1. The number of hydrogen-bond donors (Lipinski definition) is 2. The highest BCUT2D eigenvalue weighted by molar-refractivity contribution is 5.93. The van der Waals surface area contributed by atoms with E-state index in [-0.39, 0.29) is 11.7 Å². The Bertz CT molecular complexity index is 1090. The first-order chi connectivity index (χ1) is 13.1. The predicted molar refractivity (Wildman–Crippen MR) is 98.0 cm³/mol. The number of anilines is 1. The molecular formula is C18H18F2N6O. The molecule has 0 fully saturated rings.